The van der Waals surface area contributed by atoms with Crippen molar-refractivity contribution in [3.63, 3.8) is 0 Å². The average Bonchev–Trinajstić information content (AvgIpc) is 3.03. The minimum Gasteiger partial charge on any atom is -0.334 e. The topological polar surface area (TPSA) is 99.1 Å². The molecule has 0 N–H and O–H groups in total. The molecule has 0 aliphatic rings. The smallest absolute Gasteiger partial charge is 0.322 e. The van der Waals surface area contributed by atoms with E-state index in [2.05, 4.69) is 10.2 Å². The molecule has 0 atom stereocenters. The Morgan fingerprint density at radius 3 is 2.68 bits per heavy atom. The number of aryl methyl sites for hydroxylation is 2. The van der Waals surface area contributed by atoms with E-state index in [0.717, 1.165) is 6.54 Å². The van der Waals surface area contributed by atoms with Crippen molar-refractivity contribution in [2.24, 2.45) is 7.05 Å². The van der Waals surface area contributed by atoms with Crippen molar-refractivity contribution in [1.82, 2.24) is 24.5 Å². The minimum absolute atomic E-state index is 0.151. The van der Waals surface area contributed by atoms with Gasteiger partial charge in [-0.3, -0.25) is 24.3 Å². The highest BCUT2D eigenvalue weighted by Crippen LogP contribution is 2.23. The van der Waals surface area contributed by atoms with Gasteiger partial charge >= 0.3 is 5.69 Å². The Morgan fingerprint density at radius 2 is 2.14 bits per heavy atom. The summed E-state index contributed by atoms with van der Waals surface area (Å²) in [6, 6.07) is 1.81. The van der Waals surface area contributed by atoms with Gasteiger partial charge < -0.3 is 4.90 Å². The van der Waals surface area contributed by atoms with Crippen LogP contribution in [0.25, 0.3) is 0 Å². The van der Waals surface area contributed by atoms with E-state index in [1.807, 2.05) is 19.2 Å². The Labute approximate surface area is 127 Å². The van der Waals surface area contributed by atoms with Crippen LogP contribution in [-0.2, 0) is 20.1 Å². The molecular formula is C13H18N6O3. The molecule has 0 spiro atoms. The lowest BCUT2D eigenvalue weighted by Crippen LogP contribution is -2.27. The summed E-state index contributed by atoms with van der Waals surface area (Å²) in [5.74, 6) is -0.499. The van der Waals surface area contributed by atoms with Crippen molar-refractivity contribution in [2.45, 2.75) is 26.9 Å². The number of nitrogens with zero attached hydrogens (tertiary/aromatic N) is 6. The predicted molar refractivity (Wildman–Crippen MR) is 78.3 cm³/mol. The van der Waals surface area contributed by atoms with Gasteiger partial charge in [0.05, 0.1) is 17.2 Å². The number of carbonyl (C=O) groups excluding carboxylic acids is 1. The number of rotatable bonds is 5. The molecule has 0 saturated carbocycles. The highest BCUT2D eigenvalue weighted by molar-refractivity contribution is 5.96. The third kappa shape index (κ3) is 2.83. The Hall–Kier alpha value is -2.71. The van der Waals surface area contributed by atoms with Gasteiger partial charge in [-0.15, -0.1) is 0 Å². The maximum Gasteiger partial charge on any atom is 0.322 e. The van der Waals surface area contributed by atoms with Crippen LogP contribution in [0.1, 0.15) is 28.8 Å². The molecule has 2 aromatic heterocycles. The summed E-state index contributed by atoms with van der Waals surface area (Å²) in [6.07, 6.45) is 1.82. The highest BCUT2D eigenvalue weighted by atomic mass is 16.6. The third-order valence-electron chi connectivity index (χ3n) is 3.45. The minimum atomic E-state index is -0.574. The molecule has 2 rings (SSSR count). The van der Waals surface area contributed by atoms with Gasteiger partial charge in [-0.2, -0.15) is 10.2 Å². The first-order valence-corrected chi connectivity index (χ1v) is 6.81. The van der Waals surface area contributed by atoms with Crippen molar-refractivity contribution in [3.05, 3.63) is 39.5 Å². The quantitative estimate of drug-likeness (QED) is 0.609. The maximum absolute atomic E-state index is 12.4. The summed E-state index contributed by atoms with van der Waals surface area (Å²) in [7, 11) is 3.14. The molecule has 0 bridgehead atoms. The van der Waals surface area contributed by atoms with Gasteiger partial charge in [-0.05, 0) is 19.9 Å². The fourth-order valence-electron chi connectivity index (χ4n) is 2.12. The Morgan fingerprint density at radius 1 is 1.45 bits per heavy atom. The van der Waals surface area contributed by atoms with Crippen molar-refractivity contribution in [2.75, 3.05) is 7.05 Å². The van der Waals surface area contributed by atoms with Gasteiger partial charge in [-0.25, -0.2) is 0 Å². The summed E-state index contributed by atoms with van der Waals surface area (Å²) in [5.41, 5.74) is 0.658. The number of carbonyl (C=O) groups is 1. The first-order valence-electron chi connectivity index (χ1n) is 6.81. The zero-order valence-corrected chi connectivity index (χ0v) is 13.0. The van der Waals surface area contributed by atoms with Gasteiger partial charge in [0.15, 0.2) is 0 Å². The van der Waals surface area contributed by atoms with Gasteiger partial charge in [0.1, 0.15) is 5.69 Å². The maximum atomic E-state index is 12.4. The molecule has 118 valence electrons. The lowest BCUT2D eigenvalue weighted by atomic mass is 10.2. The van der Waals surface area contributed by atoms with Crippen LogP contribution >= 0.6 is 0 Å². The van der Waals surface area contributed by atoms with Crippen molar-refractivity contribution in [1.29, 1.82) is 0 Å². The van der Waals surface area contributed by atoms with Crippen LogP contribution in [0, 0.1) is 17.0 Å². The SMILES string of the molecule is CCn1ccc(CN(C)C(=O)c2nn(C)c(C)c2[N+](=O)[O-])n1. The van der Waals surface area contributed by atoms with Gasteiger partial charge in [0.25, 0.3) is 5.91 Å². The molecule has 0 aromatic carbocycles. The van der Waals surface area contributed by atoms with Crippen LogP contribution in [0.2, 0.25) is 0 Å². The first-order chi connectivity index (χ1) is 10.3. The van der Waals surface area contributed by atoms with E-state index in [1.54, 1.807) is 25.7 Å². The molecule has 0 radical (unpaired) electrons. The van der Waals surface area contributed by atoms with Crippen molar-refractivity contribution in [3.8, 4) is 0 Å². The molecule has 0 saturated heterocycles. The normalized spacial score (nSPS) is 10.7. The van der Waals surface area contributed by atoms with Gasteiger partial charge in [-0.1, -0.05) is 0 Å². The molecule has 0 unspecified atom stereocenters. The monoisotopic (exact) mass is 306 g/mol. The van der Waals surface area contributed by atoms with Crippen molar-refractivity contribution >= 4 is 11.6 Å². The highest BCUT2D eigenvalue weighted by Gasteiger charge is 2.30. The molecule has 9 heteroatoms. The molecule has 2 aromatic rings. The van der Waals surface area contributed by atoms with Crippen LogP contribution < -0.4 is 0 Å². The van der Waals surface area contributed by atoms with E-state index < -0.39 is 10.8 Å². The standard InChI is InChI=1S/C13H18N6O3/c1-5-18-7-6-10(14-18)8-16(3)13(20)11-12(19(21)22)9(2)17(4)15-11/h6-7H,5,8H2,1-4H3. The fourth-order valence-corrected chi connectivity index (χ4v) is 2.12. The van der Waals surface area contributed by atoms with Crippen LogP contribution in [0.5, 0.6) is 0 Å². The zero-order valence-electron chi connectivity index (χ0n) is 13.0. The Balaban J connectivity index is 2.24. The molecule has 22 heavy (non-hydrogen) atoms. The zero-order chi connectivity index (χ0) is 16.4. The van der Waals surface area contributed by atoms with Gasteiger partial charge in [0.2, 0.25) is 5.69 Å². The molecule has 1 amide bonds. The molecule has 0 aliphatic heterocycles. The van der Waals surface area contributed by atoms with E-state index in [4.69, 9.17) is 0 Å². The second-order valence-corrected chi connectivity index (χ2v) is 4.99. The lowest BCUT2D eigenvalue weighted by molar-refractivity contribution is -0.385. The van der Waals surface area contributed by atoms with Crippen molar-refractivity contribution < 1.29 is 9.72 Å². The second kappa shape index (κ2) is 5.96. The Kier molecular flexibility index (Phi) is 4.25. The summed E-state index contributed by atoms with van der Waals surface area (Å²) >= 11 is 0. The summed E-state index contributed by atoms with van der Waals surface area (Å²) < 4.78 is 3.09. The largest absolute Gasteiger partial charge is 0.334 e. The summed E-state index contributed by atoms with van der Waals surface area (Å²) in [6.45, 7) is 4.53. The molecule has 0 fully saturated rings. The second-order valence-electron chi connectivity index (χ2n) is 4.99. The number of aromatic nitrogens is 4. The van der Waals surface area contributed by atoms with Crippen LogP contribution in [0.4, 0.5) is 5.69 Å². The van der Waals surface area contributed by atoms with E-state index in [0.29, 0.717) is 11.4 Å². The molecular weight excluding hydrogens is 288 g/mol. The van der Waals surface area contributed by atoms with Crippen LogP contribution in [-0.4, -0.2) is 42.3 Å². The van der Waals surface area contributed by atoms with E-state index in [9.17, 15) is 14.9 Å². The lowest BCUT2D eigenvalue weighted by Gasteiger charge is -2.13. The van der Waals surface area contributed by atoms with E-state index >= 15 is 0 Å². The average molecular weight is 306 g/mol. The number of hydrogen-bond donors (Lipinski definition) is 0. The molecule has 9 nitrogen and oxygen atoms in total. The predicted octanol–water partition coefficient (Wildman–Crippen LogP) is 1.13. The summed E-state index contributed by atoms with van der Waals surface area (Å²) in [5, 5.41) is 19.4. The van der Waals surface area contributed by atoms with Crippen LogP contribution in [0.15, 0.2) is 12.3 Å². The van der Waals surface area contributed by atoms with E-state index in [1.165, 1.54) is 9.58 Å². The van der Waals surface area contributed by atoms with E-state index in [-0.39, 0.29) is 17.9 Å². The fraction of sp³-hybridized carbons (Fsp3) is 0.462. The molecule has 0 aliphatic carbocycles. The molecule has 2 heterocycles. The number of amides is 1. The van der Waals surface area contributed by atoms with Crippen LogP contribution in [0.3, 0.4) is 0 Å². The first kappa shape index (κ1) is 15.7. The summed E-state index contributed by atoms with van der Waals surface area (Å²) in [4.78, 5) is 24.4. The number of hydrogen-bond acceptors (Lipinski definition) is 5. The third-order valence-corrected chi connectivity index (χ3v) is 3.45. The number of nitro groups is 1. The Bertz CT molecular complexity index is 717. The van der Waals surface area contributed by atoms with Gasteiger partial charge in [0, 0.05) is 26.8 Å².